The highest BCUT2D eigenvalue weighted by molar-refractivity contribution is 5.84. The molecule has 2 aliphatic heterocycles. The van der Waals surface area contributed by atoms with Crippen molar-refractivity contribution in [2.75, 3.05) is 19.7 Å². The van der Waals surface area contributed by atoms with Crippen molar-refractivity contribution in [2.24, 2.45) is 0 Å². The second-order valence-electron chi connectivity index (χ2n) is 4.86. The Morgan fingerprint density at radius 3 is 3.06 bits per heavy atom. The van der Waals surface area contributed by atoms with E-state index in [0.29, 0.717) is 13.2 Å². The van der Waals surface area contributed by atoms with Crippen LogP contribution in [0.1, 0.15) is 29.9 Å². The lowest BCUT2D eigenvalue weighted by molar-refractivity contribution is -0.198. The fourth-order valence-electron chi connectivity index (χ4n) is 2.66. The Morgan fingerprint density at radius 1 is 1.33 bits per heavy atom. The molecule has 1 aromatic rings. The zero-order valence-electron chi connectivity index (χ0n) is 10.4. The highest BCUT2D eigenvalue weighted by Crippen LogP contribution is 2.26. The lowest BCUT2D eigenvalue weighted by Gasteiger charge is -2.32. The van der Waals surface area contributed by atoms with Crippen LogP contribution in [-0.2, 0) is 16.2 Å². The van der Waals surface area contributed by atoms with Gasteiger partial charge in [-0.1, -0.05) is 24.3 Å². The van der Waals surface area contributed by atoms with Crippen molar-refractivity contribution in [3.8, 4) is 0 Å². The van der Waals surface area contributed by atoms with Gasteiger partial charge in [0.05, 0.1) is 12.5 Å². The van der Waals surface area contributed by atoms with E-state index in [-0.39, 0.29) is 11.8 Å². The summed E-state index contributed by atoms with van der Waals surface area (Å²) in [5, 5.41) is 4.86. The molecule has 0 aliphatic carbocycles. The molecule has 2 heterocycles. The molecule has 18 heavy (non-hydrogen) atoms. The molecule has 1 amide bonds. The van der Waals surface area contributed by atoms with Crippen LogP contribution < -0.4 is 5.32 Å². The predicted molar refractivity (Wildman–Crippen MR) is 67.8 cm³/mol. The van der Waals surface area contributed by atoms with Crippen LogP contribution in [0.2, 0.25) is 0 Å². The molecule has 1 aromatic carbocycles. The number of carbonyl (C=O) groups is 1. The number of nitrogens with one attached hydrogen (secondary N) is 1. The Kier molecular flexibility index (Phi) is 3.30. The van der Waals surface area contributed by atoms with E-state index in [2.05, 4.69) is 17.4 Å². The number of amides is 1. The Morgan fingerprint density at radius 2 is 2.22 bits per heavy atom. The van der Waals surface area contributed by atoms with Crippen molar-refractivity contribution in [3.05, 3.63) is 35.4 Å². The third-order valence-electron chi connectivity index (χ3n) is 3.64. The van der Waals surface area contributed by atoms with E-state index >= 15 is 0 Å². The number of nitrogens with zero attached hydrogens (tertiary/aromatic N) is 1. The Balaban J connectivity index is 1.82. The Bertz CT molecular complexity index is 441. The first-order valence-corrected chi connectivity index (χ1v) is 6.59. The van der Waals surface area contributed by atoms with Gasteiger partial charge in [-0.3, -0.25) is 9.63 Å². The minimum Gasteiger partial charge on any atom is -0.312 e. The molecule has 1 unspecified atom stereocenters. The molecule has 1 atom stereocenters. The molecule has 4 heteroatoms. The third kappa shape index (κ3) is 2.13. The van der Waals surface area contributed by atoms with Gasteiger partial charge in [0, 0.05) is 19.6 Å². The number of hydrogen-bond donors (Lipinski definition) is 1. The molecular weight excluding hydrogens is 228 g/mol. The third-order valence-corrected chi connectivity index (χ3v) is 3.64. The zero-order chi connectivity index (χ0) is 12.4. The van der Waals surface area contributed by atoms with Crippen molar-refractivity contribution in [2.45, 2.75) is 25.3 Å². The lowest BCUT2D eigenvalue weighted by atomic mass is 9.90. The first kappa shape index (κ1) is 11.7. The average Bonchev–Trinajstić information content (AvgIpc) is 2.47. The maximum Gasteiger partial charge on any atom is 0.254 e. The normalized spacial score (nSPS) is 23.6. The van der Waals surface area contributed by atoms with Crippen LogP contribution in [0.15, 0.2) is 24.3 Å². The molecule has 1 fully saturated rings. The first-order chi connectivity index (χ1) is 8.86. The van der Waals surface area contributed by atoms with Crippen LogP contribution in [-0.4, -0.2) is 30.7 Å². The molecule has 0 saturated carbocycles. The maximum atomic E-state index is 12.5. The van der Waals surface area contributed by atoms with Crippen LogP contribution in [0.5, 0.6) is 0 Å². The summed E-state index contributed by atoms with van der Waals surface area (Å²) < 4.78 is 0. The molecule has 4 nitrogen and oxygen atoms in total. The van der Waals surface area contributed by atoms with Crippen molar-refractivity contribution < 1.29 is 9.63 Å². The van der Waals surface area contributed by atoms with Gasteiger partial charge in [0.15, 0.2) is 0 Å². The second-order valence-corrected chi connectivity index (χ2v) is 4.86. The Hall–Kier alpha value is -1.39. The number of benzene rings is 1. The first-order valence-electron chi connectivity index (χ1n) is 6.59. The van der Waals surface area contributed by atoms with Crippen LogP contribution in [0.25, 0.3) is 0 Å². The van der Waals surface area contributed by atoms with E-state index in [9.17, 15) is 4.79 Å². The predicted octanol–water partition coefficient (Wildman–Crippen LogP) is 1.43. The molecule has 0 bridgehead atoms. The summed E-state index contributed by atoms with van der Waals surface area (Å²) in [6.45, 7) is 2.93. The minimum atomic E-state index is -0.104. The minimum absolute atomic E-state index is 0.0920. The van der Waals surface area contributed by atoms with Crippen LogP contribution in [0.3, 0.4) is 0 Å². The smallest absolute Gasteiger partial charge is 0.254 e. The second kappa shape index (κ2) is 5.08. The van der Waals surface area contributed by atoms with Gasteiger partial charge in [-0.05, 0) is 24.0 Å². The summed E-state index contributed by atoms with van der Waals surface area (Å²) in [5.74, 6) is -0.0117. The molecule has 2 aliphatic rings. The summed E-state index contributed by atoms with van der Waals surface area (Å²) in [7, 11) is 0. The standard InChI is InChI=1S/C14H18N2O2/c17-14(16-7-3-4-8-18-16)13-10-15-9-11-5-1-2-6-12(11)13/h1-2,5-6,13,15H,3-4,7-10H2. The van der Waals surface area contributed by atoms with Gasteiger partial charge >= 0.3 is 0 Å². The molecule has 96 valence electrons. The SMILES string of the molecule is O=C(C1CNCc2ccccc21)N1CCCCO1. The molecule has 0 radical (unpaired) electrons. The number of fused-ring (bicyclic) bond motifs is 1. The van der Waals surface area contributed by atoms with Gasteiger partial charge in [0.1, 0.15) is 0 Å². The molecule has 3 rings (SSSR count). The average molecular weight is 246 g/mol. The van der Waals surface area contributed by atoms with E-state index < -0.39 is 0 Å². The lowest BCUT2D eigenvalue weighted by Crippen LogP contribution is -2.43. The van der Waals surface area contributed by atoms with E-state index in [1.165, 1.54) is 5.56 Å². The fraction of sp³-hybridized carbons (Fsp3) is 0.500. The van der Waals surface area contributed by atoms with E-state index in [0.717, 1.165) is 31.5 Å². The Labute approximate surface area is 107 Å². The van der Waals surface area contributed by atoms with Gasteiger partial charge in [-0.25, -0.2) is 5.06 Å². The van der Waals surface area contributed by atoms with Crippen molar-refractivity contribution in [1.29, 1.82) is 0 Å². The number of rotatable bonds is 1. The summed E-state index contributed by atoms with van der Waals surface area (Å²) >= 11 is 0. The highest BCUT2D eigenvalue weighted by Gasteiger charge is 2.31. The summed E-state index contributed by atoms with van der Waals surface area (Å²) in [6, 6.07) is 8.16. The van der Waals surface area contributed by atoms with Crippen molar-refractivity contribution in [1.82, 2.24) is 10.4 Å². The van der Waals surface area contributed by atoms with Gasteiger partial charge in [-0.15, -0.1) is 0 Å². The molecular formula is C14H18N2O2. The molecule has 1 saturated heterocycles. The van der Waals surface area contributed by atoms with E-state index in [1.807, 2.05) is 12.1 Å². The van der Waals surface area contributed by atoms with Crippen molar-refractivity contribution >= 4 is 5.91 Å². The quantitative estimate of drug-likeness (QED) is 0.815. The zero-order valence-corrected chi connectivity index (χ0v) is 10.4. The van der Waals surface area contributed by atoms with E-state index in [1.54, 1.807) is 5.06 Å². The number of carbonyl (C=O) groups excluding carboxylic acids is 1. The number of hydrogen-bond acceptors (Lipinski definition) is 3. The maximum absolute atomic E-state index is 12.5. The molecule has 0 spiro atoms. The fourth-order valence-corrected chi connectivity index (χ4v) is 2.66. The van der Waals surface area contributed by atoms with Gasteiger partial charge < -0.3 is 5.32 Å². The molecule has 1 N–H and O–H groups in total. The number of hydroxylamine groups is 2. The van der Waals surface area contributed by atoms with Gasteiger partial charge in [-0.2, -0.15) is 0 Å². The van der Waals surface area contributed by atoms with Gasteiger partial charge in [0.25, 0.3) is 5.91 Å². The largest absolute Gasteiger partial charge is 0.312 e. The topological polar surface area (TPSA) is 41.6 Å². The summed E-state index contributed by atoms with van der Waals surface area (Å²) in [6.07, 6.45) is 2.08. The molecule has 0 aromatic heterocycles. The van der Waals surface area contributed by atoms with Crippen LogP contribution in [0.4, 0.5) is 0 Å². The summed E-state index contributed by atoms with van der Waals surface area (Å²) in [5.41, 5.74) is 2.37. The summed E-state index contributed by atoms with van der Waals surface area (Å²) in [4.78, 5) is 17.9. The van der Waals surface area contributed by atoms with Gasteiger partial charge in [0.2, 0.25) is 0 Å². The monoisotopic (exact) mass is 246 g/mol. The van der Waals surface area contributed by atoms with Crippen molar-refractivity contribution in [3.63, 3.8) is 0 Å². The highest BCUT2D eigenvalue weighted by atomic mass is 16.7. The van der Waals surface area contributed by atoms with E-state index in [4.69, 9.17) is 4.84 Å². The van der Waals surface area contributed by atoms with Crippen LogP contribution >= 0.6 is 0 Å². The van der Waals surface area contributed by atoms with Crippen LogP contribution in [0, 0.1) is 0 Å².